The molecule has 0 saturated carbocycles. The summed E-state index contributed by atoms with van der Waals surface area (Å²) in [5, 5.41) is 11.4. The van der Waals surface area contributed by atoms with Gasteiger partial charge in [0.1, 0.15) is 17.3 Å². The van der Waals surface area contributed by atoms with Gasteiger partial charge in [-0.2, -0.15) is 0 Å². The summed E-state index contributed by atoms with van der Waals surface area (Å²) in [6, 6.07) is 11.3. The van der Waals surface area contributed by atoms with E-state index in [9.17, 15) is 14.7 Å². The molecule has 0 radical (unpaired) electrons. The lowest BCUT2D eigenvalue weighted by Gasteiger charge is -2.25. The van der Waals surface area contributed by atoms with Crippen LogP contribution < -0.4 is 9.47 Å². The maximum absolute atomic E-state index is 13.0. The van der Waals surface area contributed by atoms with E-state index >= 15 is 0 Å². The fourth-order valence-electron chi connectivity index (χ4n) is 3.87. The van der Waals surface area contributed by atoms with Crippen LogP contribution in [0.5, 0.6) is 11.5 Å². The molecule has 1 heterocycles. The van der Waals surface area contributed by atoms with Crippen molar-refractivity contribution in [2.45, 2.75) is 39.2 Å². The molecular weight excluding hydrogens is 430 g/mol. The Balaban J connectivity index is 2.10. The van der Waals surface area contributed by atoms with Crippen LogP contribution in [0.4, 0.5) is 0 Å². The van der Waals surface area contributed by atoms with Gasteiger partial charge in [0.05, 0.1) is 30.4 Å². The highest BCUT2D eigenvalue weighted by atomic mass is 35.5. The summed E-state index contributed by atoms with van der Waals surface area (Å²) in [6.07, 6.45) is 2.69. The molecule has 170 valence electrons. The third-order valence-electron chi connectivity index (χ3n) is 5.47. The minimum Gasteiger partial charge on any atom is -0.507 e. The van der Waals surface area contributed by atoms with Gasteiger partial charge in [-0.3, -0.25) is 9.59 Å². The fourth-order valence-corrected chi connectivity index (χ4v) is 4.13. The van der Waals surface area contributed by atoms with E-state index in [0.717, 1.165) is 24.8 Å². The molecule has 0 spiro atoms. The Kier molecular flexibility index (Phi) is 7.80. The van der Waals surface area contributed by atoms with E-state index in [1.54, 1.807) is 29.2 Å². The number of hydrogen-bond acceptors (Lipinski definition) is 5. The first kappa shape index (κ1) is 23.7. The highest BCUT2D eigenvalue weighted by molar-refractivity contribution is 6.46. The van der Waals surface area contributed by atoms with Crippen molar-refractivity contribution in [1.82, 2.24) is 4.90 Å². The summed E-state index contributed by atoms with van der Waals surface area (Å²) in [7, 11) is 1.49. The smallest absolute Gasteiger partial charge is 0.295 e. The van der Waals surface area contributed by atoms with Crippen LogP contribution in [0, 0.1) is 0 Å². The predicted molar refractivity (Wildman–Crippen MR) is 124 cm³/mol. The average Bonchev–Trinajstić information content (AvgIpc) is 3.04. The van der Waals surface area contributed by atoms with Crippen molar-refractivity contribution in [3.05, 3.63) is 64.2 Å². The van der Waals surface area contributed by atoms with Gasteiger partial charge in [0.2, 0.25) is 0 Å². The van der Waals surface area contributed by atoms with Gasteiger partial charge in [0.15, 0.2) is 0 Å². The van der Waals surface area contributed by atoms with Crippen LogP contribution >= 0.6 is 11.6 Å². The Morgan fingerprint density at radius 1 is 1.09 bits per heavy atom. The molecule has 1 unspecified atom stereocenters. The van der Waals surface area contributed by atoms with Crippen molar-refractivity contribution in [2.24, 2.45) is 0 Å². The van der Waals surface area contributed by atoms with Crippen LogP contribution in [-0.2, 0) is 9.59 Å². The number of carbonyl (C=O) groups is 2. The predicted octanol–water partition coefficient (Wildman–Crippen LogP) is 5.36. The Labute approximate surface area is 193 Å². The lowest BCUT2D eigenvalue weighted by molar-refractivity contribution is -0.139. The number of halogens is 1. The van der Waals surface area contributed by atoms with E-state index < -0.39 is 17.7 Å². The number of Topliss-reactive ketones (excluding diaryl/α,β-unsaturated/α-hetero) is 1. The Hall–Kier alpha value is -2.99. The van der Waals surface area contributed by atoms with Gasteiger partial charge >= 0.3 is 0 Å². The lowest BCUT2D eigenvalue weighted by Crippen LogP contribution is -2.30. The van der Waals surface area contributed by atoms with Crippen molar-refractivity contribution in [1.29, 1.82) is 0 Å². The Bertz CT molecular complexity index is 1020. The molecule has 2 aromatic rings. The van der Waals surface area contributed by atoms with Crippen LogP contribution in [0.3, 0.4) is 0 Å². The number of nitrogens with zero attached hydrogens (tertiary/aromatic N) is 1. The van der Waals surface area contributed by atoms with Crippen molar-refractivity contribution in [2.75, 3.05) is 20.3 Å². The van der Waals surface area contributed by atoms with Crippen LogP contribution in [0.15, 0.2) is 48.0 Å². The summed E-state index contributed by atoms with van der Waals surface area (Å²) < 4.78 is 10.7. The largest absolute Gasteiger partial charge is 0.507 e. The summed E-state index contributed by atoms with van der Waals surface area (Å²) in [6.45, 7) is 4.94. The van der Waals surface area contributed by atoms with Crippen molar-refractivity contribution >= 4 is 29.1 Å². The standard InChI is InChI=1S/C25H28ClNO5/c1-4-6-7-14-27-22(16-8-11-18(12-9-16)32-5-2)21(24(29)25(27)30)23(28)17-10-13-20(31-3)19(26)15-17/h8-13,15,22,28H,4-7,14H2,1-3H3/b23-21-. The highest BCUT2D eigenvalue weighted by Crippen LogP contribution is 2.40. The first-order chi connectivity index (χ1) is 15.4. The van der Waals surface area contributed by atoms with Gasteiger partial charge in [-0.05, 0) is 49.2 Å². The Morgan fingerprint density at radius 3 is 2.41 bits per heavy atom. The molecule has 1 N–H and O–H groups in total. The van der Waals surface area contributed by atoms with Crippen LogP contribution in [0.1, 0.15) is 50.3 Å². The SMILES string of the molecule is CCCCCN1C(=O)C(=O)/C(=C(\O)c2ccc(OC)c(Cl)c2)C1c1ccc(OCC)cc1. The molecule has 1 aliphatic rings. The molecule has 1 saturated heterocycles. The second kappa shape index (κ2) is 10.6. The monoisotopic (exact) mass is 457 g/mol. The summed E-state index contributed by atoms with van der Waals surface area (Å²) in [5.41, 5.74) is 1.13. The first-order valence-corrected chi connectivity index (χ1v) is 11.2. The lowest BCUT2D eigenvalue weighted by atomic mass is 9.95. The number of rotatable bonds is 9. The van der Waals surface area contributed by atoms with E-state index in [1.165, 1.54) is 13.2 Å². The maximum atomic E-state index is 13.0. The normalized spacial score (nSPS) is 17.6. The molecule has 1 amide bonds. The third-order valence-corrected chi connectivity index (χ3v) is 5.77. The van der Waals surface area contributed by atoms with Crippen molar-refractivity contribution in [3.63, 3.8) is 0 Å². The summed E-state index contributed by atoms with van der Waals surface area (Å²) >= 11 is 6.22. The molecule has 1 fully saturated rings. The van der Waals surface area contributed by atoms with Gasteiger partial charge in [0.25, 0.3) is 11.7 Å². The molecule has 0 bridgehead atoms. The number of ether oxygens (including phenoxy) is 2. The molecule has 1 atom stereocenters. The number of amides is 1. The molecule has 7 heteroatoms. The number of benzene rings is 2. The molecule has 32 heavy (non-hydrogen) atoms. The number of carbonyl (C=O) groups excluding carboxylic acids is 2. The zero-order valence-electron chi connectivity index (χ0n) is 18.6. The Morgan fingerprint density at radius 2 is 1.81 bits per heavy atom. The van der Waals surface area contributed by atoms with Gasteiger partial charge in [-0.15, -0.1) is 0 Å². The number of hydrogen-bond donors (Lipinski definition) is 1. The van der Waals surface area contributed by atoms with Gasteiger partial charge in [-0.25, -0.2) is 0 Å². The van der Waals surface area contributed by atoms with E-state index in [2.05, 4.69) is 6.92 Å². The molecule has 0 aromatic heterocycles. The third kappa shape index (κ3) is 4.75. The molecule has 1 aliphatic heterocycles. The number of aliphatic hydroxyl groups excluding tert-OH is 1. The second-order valence-corrected chi connectivity index (χ2v) is 7.96. The van der Waals surface area contributed by atoms with E-state index in [1.807, 2.05) is 19.1 Å². The zero-order chi connectivity index (χ0) is 23.3. The van der Waals surface area contributed by atoms with Gasteiger partial charge < -0.3 is 19.5 Å². The minimum atomic E-state index is -0.704. The van der Waals surface area contributed by atoms with Gasteiger partial charge in [-0.1, -0.05) is 43.5 Å². The van der Waals surface area contributed by atoms with E-state index in [4.69, 9.17) is 21.1 Å². The van der Waals surface area contributed by atoms with Gasteiger partial charge in [0, 0.05) is 12.1 Å². The maximum Gasteiger partial charge on any atom is 0.295 e. The average molecular weight is 458 g/mol. The highest BCUT2D eigenvalue weighted by Gasteiger charge is 2.45. The van der Waals surface area contributed by atoms with Crippen molar-refractivity contribution in [3.8, 4) is 11.5 Å². The summed E-state index contributed by atoms with van der Waals surface area (Å²) in [5.74, 6) is -0.428. The number of methoxy groups -OCH3 is 1. The molecule has 3 rings (SSSR count). The molecule has 6 nitrogen and oxygen atoms in total. The minimum absolute atomic E-state index is 0.0527. The molecular formula is C25H28ClNO5. The topological polar surface area (TPSA) is 76.1 Å². The number of ketones is 1. The zero-order valence-corrected chi connectivity index (χ0v) is 19.3. The summed E-state index contributed by atoms with van der Waals surface area (Å²) in [4.78, 5) is 27.5. The first-order valence-electron chi connectivity index (χ1n) is 10.8. The van der Waals surface area contributed by atoms with Crippen molar-refractivity contribution < 1.29 is 24.2 Å². The van der Waals surface area contributed by atoms with Crippen LogP contribution in [0.2, 0.25) is 5.02 Å². The van der Waals surface area contributed by atoms with E-state index in [-0.39, 0.29) is 11.3 Å². The van der Waals surface area contributed by atoms with Crippen LogP contribution in [-0.4, -0.2) is 42.0 Å². The number of likely N-dealkylation sites (tertiary alicyclic amines) is 1. The fraction of sp³-hybridized carbons (Fsp3) is 0.360. The second-order valence-electron chi connectivity index (χ2n) is 7.55. The number of aliphatic hydroxyl groups is 1. The number of unbranched alkanes of at least 4 members (excludes halogenated alkanes) is 2. The van der Waals surface area contributed by atoms with Crippen LogP contribution in [0.25, 0.3) is 5.76 Å². The molecule has 2 aromatic carbocycles. The quantitative estimate of drug-likeness (QED) is 0.237. The molecule has 0 aliphatic carbocycles. The van der Waals surface area contributed by atoms with E-state index in [0.29, 0.717) is 35.2 Å².